The zero-order valence-corrected chi connectivity index (χ0v) is 24.0. The normalized spacial score (nSPS) is 44.8. The van der Waals surface area contributed by atoms with Crippen LogP contribution in [0.4, 0.5) is 0 Å². The molecule has 1 heterocycles. The molecular weight excluding hydrogens is 456 g/mol. The van der Waals surface area contributed by atoms with Crippen molar-refractivity contribution in [1.82, 2.24) is 0 Å². The molecule has 204 valence electrons. The zero-order chi connectivity index (χ0) is 26.0. The molecule has 0 unspecified atom stereocenters. The predicted molar refractivity (Wildman–Crippen MR) is 148 cm³/mol. The molecule has 1 spiro atoms. The summed E-state index contributed by atoms with van der Waals surface area (Å²) in [5.74, 6) is 4.87. The average Bonchev–Trinajstić information content (AvgIpc) is 3.45. The van der Waals surface area contributed by atoms with Crippen LogP contribution in [0, 0.1) is 46.3 Å². The number of hydrogen-bond acceptors (Lipinski definition) is 3. The molecule has 4 saturated carbocycles. The van der Waals surface area contributed by atoms with Crippen molar-refractivity contribution in [1.29, 1.82) is 0 Å². The second-order valence-electron chi connectivity index (χ2n) is 14.7. The van der Waals surface area contributed by atoms with Gasteiger partial charge >= 0.3 is 5.97 Å². The summed E-state index contributed by atoms with van der Waals surface area (Å²) in [6.07, 6.45) is 14.5. The Morgan fingerprint density at radius 2 is 1.78 bits per heavy atom. The molecule has 0 amide bonds. The monoisotopic (exact) mass is 506 g/mol. The summed E-state index contributed by atoms with van der Waals surface area (Å²) in [6, 6.07) is 9.47. The minimum absolute atomic E-state index is 0.0151. The van der Waals surface area contributed by atoms with Gasteiger partial charge in [0.1, 0.15) is 11.7 Å². The van der Waals surface area contributed by atoms with Crippen LogP contribution in [0.1, 0.15) is 116 Å². The summed E-state index contributed by atoms with van der Waals surface area (Å²) >= 11 is 0. The highest BCUT2D eigenvalue weighted by molar-refractivity contribution is 5.89. The van der Waals surface area contributed by atoms with E-state index in [1.54, 1.807) is 0 Å². The van der Waals surface area contributed by atoms with E-state index in [4.69, 9.17) is 9.47 Å². The first-order valence-electron chi connectivity index (χ1n) is 15.6. The maximum atomic E-state index is 12.8. The van der Waals surface area contributed by atoms with E-state index >= 15 is 0 Å². The first-order chi connectivity index (χ1) is 17.7. The lowest BCUT2D eigenvalue weighted by molar-refractivity contribution is -0.118. The Morgan fingerprint density at radius 3 is 2.54 bits per heavy atom. The van der Waals surface area contributed by atoms with Gasteiger partial charge in [-0.2, -0.15) is 0 Å². The molecule has 3 nitrogen and oxygen atoms in total. The Hall–Kier alpha value is -1.35. The summed E-state index contributed by atoms with van der Waals surface area (Å²) in [5, 5.41) is 0. The van der Waals surface area contributed by atoms with Crippen LogP contribution in [0.3, 0.4) is 0 Å². The molecule has 3 heteroatoms. The van der Waals surface area contributed by atoms with Gasteiger partial charge in [0.25, 0.3) is 0 Å². The van der Waals surface area contributed by atoms with Gasteiger partial charge in [-0.15, -0.1) is 0 Å². The number of carbonyl (C=O) groups is 1. The molecule has 0 N–H and O–H groups in total. The molecular formula is C34H50O3. The molecule has 1 aliphatic heterocycles. The van der Waals surface area contributed by atoms with Gasteiger partial charge in [0, 0.05) is 11.8 Å². The molecule has 10 atom stereocenters. The summed E-state index contributed by atoms with van der Waals surface area (Å²) in [5.41, 5.74) is 1.36. The quantitative estimate of drug-likeness (QED) is 0.275. The van der Waals surface area contributed by atoms with E-state index in [2.05, 4.69) is 34.6 Å². The highest BCUT2D eigenvalue weighted by Crippen LogP contribution is 2.74. The van der Waals surface area contributed by atoms with Crippen LogP contribution < -0.4 is 0 Å². The van der Waals surface area contributed by atoms with Crippen LogP contribution >= 0.6 is 0 Å². The maximum Gasteiger partial charge on any atom is 0.338 e. The van der Waals surface area contributed by atoms with E-state index in [9.17, 15) is 4.79 Å². The van der Waals surface area contributed by atoms with Gasteiger partial charge < -0.3 is 9.47 Å². The fourth-order valence-electron chi connectivity index (χ4n) is 10.6. The van der Waals surface area contributed by atoms with Crippen LogP contribution in [-0.2, 0) is 9.47 Å². The van der Waals surface area contributed by atoms with Crippen LogP contribution in [0.15, 0.2) is 30.3 Å². The minimum atomic E-state index is -0.176. The molecule has 5 fully saturated rings. The fraction of sp³-hybridized carbons (Fsp3) is 0.794. The van der Waals surface area contributed by atoms with E-state index in [1.807, 2.05) is 30.3 Å². The SMILES string of the molecule is CC(C)CCC[C@H](C)[C@H]1CC[C@@H]2[C@@H]3C[C@@H]4O[C@]45C[C@H](OC(=O)c4ccccc4)CC[C@]5(C)[C@H]3CC[C@@]21C. The lowest BCUT2D eigenvalue weighted by Gasteiger charge is -2.59. The molecule has 0 bridgehead atoms. The second-order valence-corrected chi connectivity index (χ2v) is 14.7. The highest BCUT2D eigenvalue weighted by atomic mass is 16.6. The van der Waals surface area contributed by atoms with Gasteiger partial charge in [-0.05, 0) is 98.0 Å². The third kappa shape index (κ3) is 4.12. The summed E-state index contributed by atoms with van der Waals surface area (Å²) in [7, 11) is 0. The number of rotatable bonds is 7. The molecule has 4 aliphatic carbocycles. The number of hydrogen-bond donors (Lipinski definition) is 0. The molecule has 0 aromatic heterocycles. The Labute approximate surface area is 225 Å². The number of esters is 1. The van der Waals surface area contributed by atoms with Crippen molar-refractivity contribution in [3.63, 3.8) is 0 Å². The summed E-state index contributed by atoms with van der Waals surface area (Å²) in [6.45, 7) is 12.5. The number of fused-ring (bicyclic) bond motifs is 4. The van der Waals surface area contributed by atoms with Gasteiger partial charge in [0.2, 0.25) is 0 Å². The van der Waals surface area contributed by atoms with E-state index in [0.29, 0.717) is 17.1 Å². The topological polar surface area (TPSA) is 38.8 Å². The van der Waals surface area contributed by atoms with Crippen molar-refractivity contribution >= 4 is 5.97 Å². The molecule has 0 radical (unpaired) electrons. The Bertz CT molecular complexity index is 988. The largest absolute Gasteiger partial charge is 0.459 e. The van der Waals surface area contributed by atoms with Crippen molar-refractivity contribution in [2.24, 2.45) is 46.3 Å². The highest BCUT2D eigenvalue weighted by Gasteiger charge is 2.76. The Morgan fingerprint density at radius 1 is 1.00 bits per heavy atom. The van der Waals surface area contributed by atoms with E-state index < -0.39 is 0 Å². The minimum Gasteiger partial charge on any atom is -0.459 e. The first kappa shape index (κ1) is 25.9. The van der Waals surface area contributed by atoms with Gasteiger partial charge in [-0.3, -0.25) is 0 Å². The van der Waals surface area contributed by atoms with Crippen LogP contribution in [-0.4, -0.2) is 23.8 Å². The molecule has 37 heavy (non-hydrogen) atoms. The lowest BCUT2D eigenvalue weighted by atomic mass is 9.44. The summed E-state index contributed by atoms with van der Waals surface area (Å²) < 4.78 is 12.8. The number of carbonyl (C=O) groups excluding carboxylic acids is 1. The standard InChI is InChI=1S/C34H50O3/c1-22(2)10-9-11-23(3)27-14-15-28-26-20-30-34(37-30)21-25(36-31(35)24-12-7-6-8-13-24)16-19-33(34,5)29(26)17-18-32(27,28)4/h6-8,12-13,22-23,25-30H,9-11,14-21H2,1-5H3/t23-,25+,26-,27+,28+,29-,30-,32+,33+,34+/m0/s1. The predicted octanol–water partition coefficient (Wildman–Crippen LogP) is 8.46. The fourth-order valence-corrected chi connectivity index (χ4v) is 10.6. The van der Waals surface area contributed by atoms with Crippen LogP contribution in [0.5, 0.6) is 0 Å². The Balaban J connectivity index is 1.14. The van der Waals surface area contributed by atoms with Crippen molar-refractivity contribution in [3.05, 3.63) is 35.9 Å². The van der Waals surface area contributed by atoms with Gasteiger partial charge in [-0.25, -0.2) is 4.79 Å². The van der Waals surface area contributed by atoms with E-state index in [0.717, 1.165) is 54.8 Å². The van der Waals surface area contributed by atoms with Crippen molar-refractivity contribution in [2.45, 2.75) is 123 Å². The number of epoxide rings is 1. The lowest BCUT2D eigenvalue weighted by Crippen LogP contribution is -2.59. The molecule has 1 saturated heterocycles. The molecule has 1 aromatic rings. The third-order valence-electron chi connectivity index (χ3n) is 12.5. The van der Waals surface area contributed by atoms with E-state index in [1.165, 1.54) is 51.4 Å². The van der Waals surface area contributed by atoms with Crippen molar-refractivity contribution < 1.29 is 14.3 Å². The van der Waals surface area contributed by atoms with Gasteiger partial charge in [-0.1, -0.05) is 72.1 Å². The second kappa shape index (κ2) is 9.39. The number of ether oxygens (including phenoxy) is 2. The van der Waals surface area contributed by atoms with Crippen LogP contribution in [0.2, 0.25) is 0 Å². The molecule has 5 aliphatic rings. The molecule has 1 aromatic carbocycles. The molecule has 6 rings (SSSR count). The van der Waals surface area contributed by atoms with Gasteiger partial charge in [0.15, 0.2) is 0 Å². The average molecular weight is 507 g/mol. The first-order valence-corrected chi connectivity index (χ1v) is 15.6. The third-order valence-corrected chi connectivity index (χ3v) is 12.5. The van der Waals surface area contributed by atoms with Crippen molar-refractivity contribution in [3.8, 4) is 0 Å². The number of benzene rings is 1. The maximum absolute atomic E-state index is 12.8. The van der Waals surface area contributed by atoms with E-state index in [-0.39, 0.29) is 23.1 Å². The van der Waals surface area contributed by atoms with Crippen LogP contribution in [0.25, 0.3) is 0 Å². The summed E-state index contributed by atoms with van der Waals surface area (Å²) in [4.78, 5) is 12.8. The Kier molecular flexibility index (Phi) is 6.57. The smallest absolute Gasteiger partial charge is 0.338 e. The van der Waals surface area contributed by atoms with Gasteiger partial charge in [0.05, 0.1) is 11.7 Å². The van der Waals surface area contributed by atoms with Crippen molar-refractivity contribution in [2.75, 3.05) is 0 Å². The zero-order valence-electron chi connectivity index (χ0n) is 24.0.